The highest BCUT2D eigenvalue weighted by molar-refractivity contribution is 5.72. The summed E-state index contributed by atoms with van der Waals surface area (Å²) in [5.41, 5.74) is 4.20. The minimum Gasteiger partial charge on any atom is -0.507 e. The molecule has 1 heteroatoms. The van der Waals surface area contributed by atoms with Gasteiger partial charge in [0.2, 0.25) is 0 Å². The summed E-state index contributed by atoms with van der Waals surface area (Å²) in [4.78, 5) is 0. The molecule has 16 heavy (non-hydrogen) atoms. The van der Waals surface area contributed by atoms with Gasteiger partial charge in [-0.15, -0.1) is 0 Å². The molecule has 2 aromatic carbocycles. The maximum Gasteiger partial charge on any atom is 0.126 e. The molecule has 0 aliphatic rings. The molecule has 0 radical (unpaired) electrons. The van der Waals surface area contributed by atoms with Gasteiger partial charge in [-0.3, -0.25) is 0 Å². The standard InChI is InChI=1S/C15H16O/c1-3-12-9-11(2)15(16)14(10-12)13-7-5-4-6-8-13/h4-10,16H,3H2,1-2H3. The van der Waals surface area contributed by atoms with Crippen LogP contribution in [0.3, 0.4) is 0 Å². The highest BCUT2D eigenvalue weighted by atomic mass is 16.3. The molecular formula is C15H16O. The zero-order valence-corrected chi connectivity index (χ0v) is 9.70. The average molecular weight is 212 g/mol. The van der Waals surface area contributed by atoms with Crippen molar-refractivity contribution in [3.63, 3.8) is 0 Å². The van der Waals surface area contributed by atoms with Crippen LogP contribution in [0.25, 0.3) is 11.1 Å². The fraction of sp³-hybridized carbons (Fsp3) is 0.200. The van der Waals surface area contributed by atoms with Crippen LogP contribution in [0.15, 0.2) is 42.5 Å². The van der Waals surface area contributed by atoms with Crippen molar-refractivity contribution in [1.29, 1.82) is 0 Å². The second-order valence-corrected chi connectivity index (χ2v) is 4.03. The summed E-state index contributed by atoms with van der Waals surface area (Å²) < 4.78 is 0. The van der Waals surface area contributed by atoms with Gasteiger partial charge in [-0.1, -0.05) is 43.3 Å². The van der Waals surface area contributed by atoms with E-state index < -0.39 is 0 Å². The maximum atomic E-state index is 10.1. The molecule has 82 valence electrons. The Morgan fingerprint density at radius 3 is 2.38 bits per heavy atom. The zero-order chi connectivity index (χ0) is 11.5. The summed E-state index contributed by atoms with van der Waals surface area (Å²) in [6.45, 7) is 4.07. The minimum absolute atomic E-state index is 0.392. The zero-order valence-electron chi connectivity index (χ0n) is 9.70. The molecule has 0 unspecified atom stereocenters. The van der Waals surface area contributed by atoms with Crippen molar-refractivity contribution in [2.24, 2.45) is 0 Å². The van der Waals surface area contributed by atoms with Crippen LogP contribution >= 0.6 is 0 Å². The van der Waals surface area contributed by atoms with Crippen LogP contribution in [0.4, 0.5) is 0 Å². The van der Waals surface area contributed by atoms with Gasteiger partial charge in [0, 0.05) is 5.56 Å². The van der Waals surface area contributed by atoms with Crippen LogP contribution < -0.4 is 0 Å². The number of hydrogen-bond acceptors (Lipinski definition) is 1. The number of rotatable bonds is 2. The monoisotopic (exact) mass is 212 g/mol. The van der Waals surface area contributed by atoms with Gasteiger partial charge in [-0.2, -0.15) is 0 Å². The minimum atomic E-state index is 0.392. The predicted octanol–water partition coefficient (Wildman–Crippen LogP) is 3.93. The van der Waals surface area contributed by atoms with Crippen LogP contribution in [0.2, 0.25) is 0 Å². The van der Waals surface area contributed by atoms with Gasteiger partial charge in [0.25, 0.3) is 0 Å². The molecule has 0 saturated carbocycles. The molecule has 0 aromatic heterocycles. The molecule has 0 heterocycles. The smallest absolute Gasteiger partial charge is 0.126 e. The molecule has 2 rings (SSSR count). The molecule has 1 N–H and O–H groups in total. The number of aromatic hydroxyl groups is 1. The Labute approximate surface area is 96.4 Å². The second kappa shape index (κ2) is 4.40. The van der Waals surface area contributed by atoms with Crippen molar-refractivity contribution in [2.45, 2.75) is 20.3 Å². The van der Waals surface area contributed by atoms with Crippen molar-refractivity contribution in [3.05, 3.63) is 53.6 Å². The van der Waals surface area contributed by atoms with E-state index in [1.54, 1.807) is 0 Å². The molecule has 2 aromatic rings. The van der Waals surface area contributed by atoms with Crippen LogP contribution in [-0.4, -0.2) is 5.11 Å². The predicted molar refractivity (Wildman–Crippen MR) is 67.7 cm³/mol. The Balaban J connectivity index is 2.60. The Bertz CT molecular complexity index is 486. The van der Waals surface area contributed by atoms with Crippen molar-refractivity contribution in [2.75, 3.05) is 0 Å². The van der Waals surface area contributed by atoms with Gasteiger partial charge in [-0.05, 0) is 36.1 Å². The van der Waals surface area contributed by atoms with E-state index in [2.05, 4.69) is 13.0 Å². The van der Waals surface area contributed by atoms with Gasteiger partial charge >= 0.3 is 0 Å². The third kappa shape index (κ3) is 1.94. The molecule has 0 fully saturated rings. The Hall–Kier alpha value is -1.76. The first kappa shape index (κ1) is 10.7. The number of aryl methyl sites for hydroxylation is 2. The number of phenolic OH excluding ortho intramolecular Hbond substituents is 1. The van der Waals surface area contributed by atoms with Gasteiger partial charge in [0.05, 0.1) is 0 Å². The van der Waals surface area contributed by atoms with Crippen LogP contribution in [0, 0.1) is 6.92 Å². The van der Waals surface area contributed by atoms with Crippen LogP contribution in [0.5, 0.6) is 5.75 Å². The maximum absolute atomic E-state index is 10.1. The third-order valence-corrected chi connectivity index (χ3v) is 2.85. The summed E-state index contributed by atoms with van der Waals surface area (Å²) >= 11 is 0. The van der Waals surface area contributed by atoms with E-state index in [1.165, 1.54) is 5.56 Å². The topological polar surface area (TPSA) is 20.2 Å². The van der Waals surface area contributed by atoms with E-state index in [9.17, 15) is 5.11 Å². The van der Waals surface area contributed by atoms with E-state index in [1.807, 2.05) is 43.3 Å². The number of hydrogen-bond donors (Lipinski definition) is 1. The van der Waals surface area contributed by atoms with Crippen LogP contribution in [-0.2, 0) is 6.42 Å². The van der Waals surface area contributed by atoms with Gasteiger partial charge < -0.3 is 5.11 Å². The molecule has 0 amide bonds. The van der Waals surface area contributed by atoms with Crippen molar-refractivity contribution in [3.8, 4) is 16.9 Å². The highest BCUT2D eigenvalue weighted by Crippen LogP contribution is 2.33. The van der Waals surface area contributed by atoms with Crippen molar-refractivity contribution in [1.82, 2.24) is 0 Å². The molecule has 1 nitrogen and oxygen atoms in total. The Morgan fingerprint density at radius 1 is 1.06 bits per heavy atom. The van der Waals surface area contributed by atoms with Gasteiger partial charge in [0.15, 0.2) is 0 Å². The number of benzene rings is 2. The molecule has 0 atom stereocenters. The molecule has 0 aliphatic heterocycles. The van der Waals surface area contributed by atoms with E-state index in [0.29, 0.717) is 5.75 Å². The fourth-order valence-corrected chi connectivity index (χ4v) is 1.90. The summed E-state index contributed by atoms with van der Waals surface area (Å²) in [6.07, 6.45) is 0.987. The molecule has 0 spiro atoms. The first-order valence-electron chi connectivity index (χ1n) is 5.60. The lowest BCUT2D eigenvalue weighted by atomic mass is 9.98. The average Bonchev–Trinajstić information content (AvgIpc) is 2.33. The van der Waals surface area contributed by atoms with Crippen molar-refractivity contribution >= 4 is 0 Å². The molecule has 0 saturated heterocycles. The van der Waals surface area contributed by atoms with Gasteiger partial charge in [-0.25, -0.2) is 0 Å². The first-order chi connectivity index (χ1) is 7.72. The van der Waals surface area contributed by atoms with E-state index in [0.717, 1.165) is 23.1 Å². The molecule has 0 bridgehead atoms. The highest BCUT2D eigenvalue weighted by Gasteiger charge is 2.07. The Kier molecular flexibility index (Phi) is 2.95. The fourth-order valence-electron chi connectivity index (χ4n) is 1.90. The van der Waals surface area contributed by atoms with E-state index in [-0.39, 0.29) is 0 Å². The SMILES string of the molecule is CCc1cc(C)c(O)c(-c2ccccc2)c1. The summed E-state index contributed by atoms with van der Waals surface area (Å²) in [7, 11) is 0. The van der Waals surface area contributed by atoms with Gasteiger partial charge in [0.1, 0.15) is 5.75 Å². The quantitative estimate of drug-likeness (QED) is 0.799. The third-order valence-electron chi connectivity index (χ3n) is 2.85. The van der Waals surface area contributed by atoms with E-state index >= 15 is 0 Å². The number of phenols is 1. The largest absolute Gasteiger partial charge is 0.507 e. The normalized spacial score (nSPS) is 10.4. The van der Waals surface area contributed by atoms with Crippen LogP contribution in [0.1, 0.15) is 18.1 Å². The second-order valence-electron chi connectivity index (χ2n) is 4.03. The first-order valence-corrected chi connectivity index (χ1v) is 5.60. The summed E-state index contributed by atoms with van der Waals surface area (Å²) in [5.74, 6) is 0.392. The lowest BCUT2D eigenvalue weighted by molar-refractivity contribution is 0.473. The van der Waals surface area contributed by atoms with E-state index in [4.69, 9.17) is 0 Å². The Morgan fingerprint density at radius 2 is 1.75 bits per heavy atom. The summed E-state index contributed by atoms with van der Waals surface area (Å²) in [5, 5.41) is 10.1. The molecule has 0 aliphatic carbocycles. The lowest BCUT2D eigenvalue weighted by Crippen LogP contribution is -1.87. The lowest BCUT2D eigenvalue weighted by Gasteiger charge is -2.10. The summed E-state index contributed by atoms with van der Waals surface area (Å²) in [6, 6.07) is 14.1. The molecular weight excluding hydrogens is 196 g/mol. The van der Waals surface area contributed by atoms with Crippen molar-refractivity contribution < 1.29 is 5.11 Å².